The maximum Gasteiger partial charge on any atom is 0.410 e. The van der Waals surface area contributed by atoms with Crippen molar-refractivity contribution >= 4 is 29.0 Å². The van der Waals surface area contributed by atoms with Crippen LogP contribution in [0.2, 0.25) is 0 Å². The summed E-state index contributed by atoms with van der Waals surface area (Å²) >= 11 is 0. The lowest BCUT2D eigenvalue weighted by atomic mass is 9.88. The number of nitrogen functional groups attached to an aromatic ring is 2. The van der Waals surface area contributed by atoms with Gasteiger partial charge >= 0.3 is 6.09 Å². The first-order valence-corrected chi connectivity index (χ1v) is 9.28. The molecule has 0 bridgehead atoms. The average Bonchev–Trinajstić information content (AvgIpc) is 3.10. The number of hydrogen-bond acceptors (Lipinski definition) is 8. The highest BCUT2D eigenvalue weighted by Crippen LogP contribution is 2.34. The number of piperidine rings is 1. The minimum atomic E-state index is -1.09. The van der Waals surface area contributed by atoms with E-state index in [4.69, 9.17) is 16.2 Å². The van der Waals surface area contributed by atoms with Crippen LogP contribution in [0.25, 0.3) is 11.2 Å². The zero-order valence-corrected chi connectivity index (χ0v) is 16.0. The lowest BCUT2D eigenvalue weighted by molar-refractivity contribution is -0.0476. The molecule has 3 heterocycles. The summed E-state index contributed by atoms with van der Waals surface area (Å²) in [6.45, 7) is 2.52. The molecule has 0 radical (unpaired) electrons. The second-order valence-electron chi connectivity index (χ2n) is 7.40. The minimum absolute atomic E-state index is 0.0197. The zero-order valence-electron chi connectivity index (χ0n) is 16.0. The van der Waals surface area contributed by atoms with Crippen molar-refractivity contribution in [3.63, 3.8) is 0 Å². The number of aliphatic hydroxyl groups is 1. The summed E-state index contributed by atoms with van der Waals surface area (Å²) in [4.78, 5) is 26.6. The number of nitrogens with two attached hydrogens (primary N) is 2. The van der Waals surface area contributed by atoms with Gasteiger partial charge in [-0.25, -0.2) is 9.78 Å². The molecular weight excluding hydrogens is 374 g/mol. The summed E-state index contributed by atoms with van der Waals surface area (Å²) in [6.07, 6.45) is 1.47. The number of nitrogens with zero attached hydrogens (tertiary/aromatic N) is 5. The van der Waals surface area contributed by atoms with E-state index >= 15 is 0 Å². The fraction of sp³-hybridized carbons (Fsp3) is 0.368. The molecule has 1 aromatic carbocycles. The van der Waals surface area contributed by atoms with Gasteiger partial charge in [0, 0.05) is 13.1 Å². The van der Waals surface area contributed by atoms with Gasteiger partial charge in [-0.2, -0.15) is 9.97 Å². The molecule has 0 saturated carbocycles. The van der Waals surface area contributed by atoms with Gasteiger partial charge in [-0.05, 0) is 18.9 Å². The third kappa shape index (κ3) is 3.66. The van der Waals surface area contributed by atoms with Crippen LogP contribution in [0, 0.1) is 0 Å². The van der Waals surface area contributed by atoms with E-state index in [0.29, 0.717) is 24.1 Å². The van der Waals surface area contributed by atoms with Gasteiger partial charge in [0.15, 0.2) is 11.5 Å². The molecule has 1 fully saturated rings. The molecule has 0 unspecified atom stereocenters. The van der Waals surface area contributed by atoms with E-state index in [2.05, 4.69) is 15.0 Å². The summed E-state index contributed by atoms with van der Waals surface area (Å²) in [6, 6.07) is 8.97. The molecule has 1 amide bonds. The number of amides is 1. The first-order valence-electron chi connectivity index (χ1n) is 9.28. The fourth-order valence-electron chi connectivity index (χ4n) is 3.57. The van der Waals surface area contributed by atoms with Crippen molar-refractivity contribution in [2.45, 2.75) is 31.6 Å². The molecule has 29 heavy (non-hydrogen) atoms. The standard InChI is InChI=1S/C19H23N7O3/c1-19(28)7-8-25(18(27)29-10-12-5-3-2-4-6-12)9-13(19)26-11-22-14-15(20)23-17(21)24-16(14)26/h2-6,11,13,28H,7-10H2,1H3,(H4,20,21,23,24)/t13-,19-/m1/s1. The molecule has 1 aliphatic heterocycles. The lowest BCUT2D eigenvalue weighted by Gasteiger charge is -2.42. The highest BCUT2D eigenvalue weighted by atomic mass is 16.6. The number of anilines is 2. The Morgan fingerprint density at radius 1 is 1.31 bits per heavy atom. The number of fused-ring (bicyclic) bond motifs is 1. The smallest absolute Gasteiger partial charge is 0.410 e. The Morgan fingerprint density at radius 2 is 2.07 bits per heavy atom. The van der Waals surface area contributed by atoms with Crippen molar-refractivity contribution in [2.24, 2.45) is 0 Å². The summed E-state index contributed by atoms with van der Waals surface area (Å²) in [5.74, 6) is 0.187. The van der Waals surface area contributed by atoms with Crippen LogP contribution in [0.5, 0.6) is 0 Å². The van der Waals surface area contributed by atoms with Gasteiger partial charge in [-0.15, -0.1) is 0 Å². The van der Waals surface area contributed by atoms with Crippen LogP contribution in [0.15, 0.2) is 36.7 Å². The molecule has 10 nitrogen and oxygen atoms in total. The van der Waals surface area contributed by atoms with Gasteiger partial charge < -0.3 is 30.8 Å². The number of hydrogen-bond donors (Lipinski definition) is 3. The molecule has 10 heteroatoms. The van der Waals surface area contributed by atoms with E-state index in [1.54, 1.807) is 16.4 Å². The van der Waals surface area contributed by atoms with E-state index in [0.717, 1.165) is 5.56 Å². The normalized spacial score (nSPS) is 22.0. The van der Waals surface area contributed by atoms with Crippen LogP contribution in [0.4, 0.5) is 16.6 Å². The van der Waals surface area contributed by atoms with Crippen LogP contribution in [-0.4, -0.2) is 54.3 Å². The van der Waals surface area contributed by atoms with Gasteiger partial charge in [0.1, 0.15) is 12.1 Å². The Labute approximate surface area is 167 Å². The molecule has 1 aliphatic rings. The van der Waals surface area contributed by atoms with Gasteiger partial charge in [0.05, 0.1) is 18.0 Å². The molecule has 2 aromatic heterocycles. The quantitative estimate of drug-likeness (QED) is 0.600. The number of ether oxygens (including phenoxy) is 1. The number of imidazole rings is 1. The van der Waals surface area contributed by atoms with Gasteiger partial charge in [-0.1, -0.05) is 30.3 Å². The molecule has 0 spiro atoms. The second kappa shape index (κ2) is 7.21. The van der Waals surface area contributed by atoms with Crippen molar-refractivity contribution in [1.29, 1.82) is 0 Å². The van der Waals surface area contributed by atoms with Gasteiger partial charge in [0.2, 0.25) is 5.95 Å². The number of carbonyl (C=O) groups is 1. The number of benzene rings is 1. The van der Waals surface area contributed by atoms with E-state index in [-0.39, 0.29) is 24.9 Å². The maximum absolute atomic E-state index is 12.6. The van der Waals surface area contributed by atoms with Crippen molar-refractivity contribution in [3.05, 3.63) is 42.2 Å². The van der Waals surface area contributed by atoms with E-state index < -0.39 is 17.7 Å². The molecule has 0 aliphatic carbocycles. The molecular formula is C19H23N7O3. The molecule has 1 saturated heterocycles. The Bertz CT molecular complexity index is 1030. The second-order valence-corrected chi connectivity index (χ2v) is 7.40. The lowest BCUT2D eigenvalue weighted by Crippen LogP contribution is -2.52. The minimum Gasteiger partial charge on any atom is -0.445 e. The van der Waals surface area contributed by atoms with Crippen molar-refractivity contribution < 1.29 is 14.6 Å². The van der Waals surface area contributed by atoms with Crippen LogP contribution >= 0.6 is 0 Å². The Hall–Kier alpha value is -3.40. The molecule has 3 aromatic rings. The number of rotatable bonds is 3. The summed E-state index contributed by atoms with van der Waals surface area (Å²) < 4.78 is 7.14. The monoisotopic (exact) mass is 397 g/mol. The molecule has 4 rings (SSSR count). The number of aromatic nitrogens is 4. The summed E-state index contributed by atoms with van der Waals surface area (Å²) in [7, 11) is 0. The molecule has 152 valence electrons. The summed E-state index contributed by atoms with van der Waals surface area (Å²) in [5, 5.41) is 11.0. The van der Waals surface area contributed by atoms with Crippen molar-refractivity contribution in [1.82, 2.24) is 24.4 Å². The maximum atomic E-state index is 12.6. The van der Waals surface area contributed by atoms with Crippen molar-refractivity contribution in [3.8, 4) is 0 Å². The largest absolute Gasteiger partial charge is 0.445 e. The Morgan fingerprint density at radius 3 is 2.83 bits per heavy atom. The first kappa shape index (κ1) is 18.9. The van der Waals surface area contributed by atoms with E-state index in [1.165, 1.54) is 6.33 Å². The SMILES string of the molecule is C[C@@]1(O)CCN(C(=O)OCc2ccccc2)C[C@H]1n1cnc2c(N)nc(N)nc21. The molecule has 5 N–H and O–H groups in total. The first-order chi connectivity index (χ1) is 13.8. The van der Waals surface area contributed by atoms with Crippen LogP contribution < -0.4 is 11.5 Å². The predicted molar refractivity (Wildman–Crippen MR) is 107 cm³/mol. The predicted octanol–water partition coefficient (Wildman–Crippen LogP) is 1.33. The third-order valence-corrected chi connectivity index (χ3v) is 5.26. The fourth-order valence-corrected chi connectivity index (χ4v) is 3.57. The highest BCUT2D eigenvalue weighted by molar-refractivity contribution is 5.82. The average molecular weight is 397 g/mol. The highest BCUT2D eigenvalue weighted by Gasteiger charge is 2.41. The Balaban J connectivity index is 1.56. The van der Waals surface area contributed by atoms with E-state index in [9.17, 15) is 9.90 Å². The van der Waals surface area contributed by atoms with Crippen LogP contribution in [0.3, 0.4) is 0 Å². The number of carbonyl (C=O) groups excluding carboxylic acids is 1. The van der Waals surface area contributed by atoms with Crippen LogP contribution in [-0.2, 0) is 11.3 Å². The van der Waals surface area contributed by atoms with Gasteiger partial charge in [-0.3, -0.25) is 0 Å². The number of likely N-dealkylation sites (tertiary alicyclic amines) is 1. The van der Waals surface area contributed by atoms with E-state index in [1.807, 2.05) is 30.3 Å². The van der Waals surface area contributed by atoms with Gasteiger partial charge in [0.25, 0.3) is 0 Å². The summed E-state index contributed by atoms with van der Waals surface area (Å²) in [5.41, 5.74) is 12.3. The third-order valence-electron chi connectivity index (χ3n) is 5.26. The zero-order chi connectivity index (χ0) is 20.6. The van der Waals surface area contributed by atoms with Crippen LogP contribution in [0.1, 0.15) is 24.9 Å². The van der Waals surface area contributed by atoms with Crippen molar-refractivity contribution in [2.75, 3.05) is 24.6 Å². The topological polar surface area (TPSA) is 145 Å². The Kier molecular flexibility index (Phi) is 4.71. The molecule has 2 atom stereocenters.